The highest BCUT2D eigenvalue weighted by molar-refractivity contribution is 7.13. The maximum atomic E-state index is 12.1. The summed E-state index contributed by atoms with van der Waals surface area (Å²) in [4.78, 5) is 25.7. The molecule has 0 bridgehead atoms. The van der Waals surface area contributed by atoms with E-state index < -0.39 is 12.1 Å². The fourth-order valence-corrected chi connectivity index (χ4v) is 3.40. The lowest BCUT2D eigenvalue weighted by Gasteiger charge is -2.30. The van der Waals surface area contributed by atoms with Crippen molar-refractivity contribution in [1.29, 1.82) is 0 Å². The topological polar surface area (TPSA) is 55.4 Å². The number of thiophene rings is 1. The molecule has 1 amide bonds. The molecule has 0 spiro atoms. The van der Waals surface area contributed by atoms with Crippen LogP contribution in [0.1, 0.15) is 54.1 Å². The Morgan fingerprint density at radius 3 is 2.67 bits per heavy atom. The van der Waals surface area contributed by atoms with Gasteiger partial charge in [-0.05, 0) is 44.7 Å². The maximum absolute atomic E-state index is 12.1. The summed E-state index contributed by atoms with van der Waals surface area (Å²) < 4.78 is 5.25. The number of ether oxygens (including phenoxy) is 1. The molecule has 0 radical (unpaired) electrons. The fourth-order valence-electron chi connectivity index (χ4n) is 2.65. The van der Waals surface area contributed by atoms with Crippen LogP contribution in [0.2, 0.25) is 0 Å². The molecule has 5 heteroatoms. The molecule has 21 heavy (non-hydrogen) atoms. The third-order valence-electron chi connectivity index (χ3n) is 4.03. The molecule has 1 heterocycles. The van der Waals surface area contributed by atoms with Crippen LogP contribution in [-0.2, 0) is 9.53 Å². The summed E-state index contributed by atoms with van der Waals surface area (Å²) in [6.45, 7) is 5.72. The van der Waals surface area contributed by atoms with Crippen molar-refractivity contribution in [3.63, 3.8) is 0 Å². The smallest absolute Gasteiger partial charge is 0.349 e. The minimum atomic E-state index is -0.756. The molecule has 1 aromatic heterocycles. The predicted molar refractivity (Wildman–Crippen MR) is 83.5 cm³/mol. The number of esters is 1. The average molecular weight is 309 g/mol. The normalized spacial score (nSPS) is 23.4. The second-order valence-electron chi connectivity index (χ2n) is 5.83. The quantitative estimate of drug-likeness (QED) is 0.868. The summed E-state index contributed by atoms with van der Waals surface area (Å²) in [5.74, 6) is -0.131. The Kier molecular flexibility index (Phi) is 5.39. The van der Waals surface area contributed by atoms with Crippen molar-refractivity contribution >= 4 is 23.2 Å². The highest BCUT2D eigenvalue weighted by Gasteiger charge is 2.26. The van der Waals surface area contributed by atoms with E-state index in [0.717, 1.165) is 24.1 Å². The molecular formula is C16H23NO3S. The van der Waals surface area contributed by atoms with Gasteiger partial charge in [-0.15, -0.1) is 11.3 Å². The molecule has 4 nitrogen and oxygen atoms in total. The lowest BCUT2D eigenvalue weighted by Crippen LogP contribution is -2.45. The number of hydrogen-bond acceptors (Lipinski definition) is 4. The Bertz CT molecular complexity index is 511. The van der Waals surface area contributed by atoms with E-state index in [1.54, 1.807) is 13.0 Å². The van der Waals surface area contributed by atoms with Gasteiger partial charge in [-0.3, -0.25) is 4.79 Å². The molecule has 116 valence electrons. The molecule has 1 aliphatic rings. The number of carbonyl (C=O) groups excluding carboxylic acids is 2. The molecule has 1 N–H and O–H groups in total. The molecule has 0 unspecified atom stereocenters. The van der Waals surface area contributed by atoms with E-state index in [4.69, 9.17) is 4.74 Å². The van der Waals surface area contributed by atoms with Crippen molar-refractivity contribution in [1.82, 2.24) is 5.32 Å². The second-order valence-corrected chi connectivity index (χ2v) is 7.12. The minimum Gasteiger partial charge on any atom is -0.448 e. The van der Waals surface area contributed by atoms with Gasteiger partial charge in [0.25, 0.3) is 5.91 Å². The molecule has 3 atom stereocenters. The first-order valence-electron chi connectivity index (χ1n) is 7.55. The molecule has 0 aromatic carbocycles. The predicted octanol–water partition coefficient (Wildman–Crippen LogP) is 3.30. The number of rotatable bonds is 4. The van der Waals surface area contributed by atoms with E-state index in [1.807, 2.05) is 13.0 Å². The summed E-state index contributed by atoms with van der Waals surface area (Å²) in [7, 11) is 0. The number of aryl methyl sites for hydroxylation is 1. The third kappa shape index (κ3) is 4.30. The Morgan fingerprint density at radius 1 is 1.33 bits per heavy atom. The first kappa shape index (κ1) is 16.0. The number of nitrogens with one attached hydrogen (secondary N) is 1. The van der Waals surface area contributed by atoms with Crippen molar-refractivity contribution < 1.29 is 14.3 Å². The summed E-state index contributed by atoms with van der Waals surface area (Å²) in [5, 5.41) is 3.02. The van der Waals surface area contributed by atoms with Gasteiger partial charge in [-0.25, -0.2) is 4.79 Å². The van der Waals surface area contributed by atoms with Crippen LogP contribution >= 0.6 is 11.3 Å². The van der Waals surface area contributed by atoms with Crippen molar-refractivity contribution in [3.05, 3.63) is 21.9 Å². The zero-order valence-corrected chi connectivity index (χ0v) is 13.7. The van der Waals surface area contributed by atoms with Crippen LogP contribution in [0.3, 0.4) is 0 Å². The number of hydrogen-bond donors (Lipinski definition) is 1. The van der Waals surface area contributed by atoms with Gasteiger partial charge >= 0.3 is 5.97 Å². The molecule has 1 aromatic rings. The Balaban J connectivity index is 1.86. The largest absolute Gasteiger partial charge is 0.448 e. The van der Waals surface area contributed by atoms with E-state index in [1.165, 1.54) is 17.8 Å². The highest BCUT2D eigenvalue weighted by atomic mass is 32.1. The zero-order valence-electron chi connectivity index (χ0n) is 12.8. The standard InChI is InChI=1S/C16H23NO3S/c1-10-6-4-5-7-13(10)17-15(18)12(3)20-16(19)14-9-8-11(2)21-14/h8-10,12-13H,4-7H2,1-3H3,(H,17,18)/t10-,12-,13+/m1/s1. The molecule has 1 fully saturated rings. The summed E-state index contributed by atoms with van der Waals surface area (Å²) >= 11 is 1.38. The molecular weight excluding hydrogens is 286 g/mol. The lowest BCUT2D eigenvalue weighted by atomic mass is 9.86. The van der Waals surface area contributed by atoms with E-state index in [0.29, 0.717) is 10.8 Å². The van der Waals surface area contributed by atoms with Gasteiger partial charge in [0.1, 0.15) is 4.88 Å². The fraction of sp³-hybridized carbons (Fsp3) is 0.625. The van der Waals surface area contributed by atoms with Gasteiger partial charge in [-0.2, -0.15) is 0 Å². The Labute approximate surface area is 129 Å². The van der Waals surface area contributed by atoms with Crippen LogP contribution in [0, 0.1) is 12.8 Å². The summed E-state index contributed by atoms with van der Waals surface area (Å²) in [5.41, 5.74) is 0. The summed E-state index contributed by atoms with van der Waals surface area (Å²) in [6, 6.07) is 3.81. The highest BCUT2D eigenvalue weighted by Crippen LogP contribution is 2.24. The van der Waals surface area contributed by atoms with Gasteiger partial charge in [0, 0.05) is 10.9 Å². The van der Waals surface area contributed by atoms with Crippen LogP contribution in [0.5, 0.6) is 0 Å². The number of amides is 1. The van der Waals surface area contributed by atoms with Crippen LogP contribution in [0.25, 0.3) is 0 Å². The van der Waals surface area contributed by atoms with E-state index >= 15 is 0 Å². The van der Waals surface area contributed by atoms with Crippen LogP contribution in [0.15, 0.2) is 12.1 Å². The van der Waals surface area contributed by atoms with E-state index in [2.05, 4.69) is 12.2 Å². The van der Waals surface area contributed by atoms with Crippen molar-refractivity contribution in [2.24, 2.45) is 5.92 Å². The molecule has 1 saturated carbocycles. The molecule has 0 saturated heterocycles. The summed E-state index contributed by atoms with van der Waals surface area (Å²) in [6.07, 6.45) is 3.79. The van der Waals surface area contributed by atoms with Crippen molar-refractivity contribution in [3.8, 4) is 0 Å². The van der Waals surface area contributed by atoms with E-state index in [9.17, 15) is 9.59 Å². The van der Waals surface area contributed by atoms with Crippen molar-refractivity contribution in [2.75, 3.05) is 0 Å². The maximum Gasteiger partial charge on any atom is 0.349 e. The monoisotopic (exact) mass is 309 g/mol. The second kappa shape index (κ2) is 7.07. The van der Waals surface area contributed by atoms with Gasteiger partial charge in [-0.1, -0.05) is 19.8 Å². The Hall–Kier alpha value is -1.36. The van der Waals surface area contributed by atoms with Gasteiger partial charge in [0.05, 0.1) is 0 Å². The SMILES string of the molecule is Cc1ccc(C(=O)O[C@H](C)C(=O)N[C@H]2CCCC[C@H]2C)s1. The van der Waals surface area contributed by atoms with Crippen LogP contribution < -0.4 is 5.32 Å². The first-order chi connectivity index (χ1) is 9.97. The van der Waals surface area contributed by atoms with E-state index in [-0.39, 0.29) is 11.9 Å². The lowest BCUT2D eigenvalue weighted by molar-refractivity contribution is -0.130. The van der Waals surface area contributed by atoms with Gasteiger partial charge in [0.15, 0.2) is 6.10 Å². The molecule has 0 aliphatic heterocycles. The van der Waals surface area contributed by atoms with Crippen molar-refractivity contribution in [2.45, 2.75) is 58.6 Å². The van der Waals surface area contributed by atoms with Crippen LogP contribution in [0.4, 0.5) is 0 Å². The van der Waals surface area contributed by atoms with Gasteiger partial charge < -0.3 is 10.1 Å². The zero-order chi connectivity index (χ0) is 15.4. The number of carbonyl (C=O) groups is 2. The molecule has 2 rings (SSSR count). The van der Waals surface area contributed by atoms with Gasteiger partial charge in [0.2, 0.25) is 0 Å². The first-order valence-corrected chi connectivity index (χ1v) is 8.37. The Morgan fingerprint density at radius 2 is 2.05 bits per heavy atom. The van der Waals surface area contributed by atoms with Crippen LogP contribution in [-0.4, -0.2) is 24.0 Å². The molecule has 1 aliphatic carbocycles. The minimum absolute atomic E-state index is 0.199. The average Bonchev–Trinajstić information content (AvgIpc) is 2.88. The third-order valence-corrected chi connectivity index (χ3v) is 5.01.